The van der Waals surface area contributed by atoms with Crippen LogP contribution < -0.4 is 4.90 Å². The maximum absolute atomic E-state index is 9.77. The molecule has 29 heavy (non-hydrogen) atoms. The lowest BCUT2D eigenvalue weighted by Crippen LogP contribution is -2.36. The molecule has 1 fully saturated rings. The number of aromatic nitrogens is 3. The third-order valence-electron chi connectivity index (χ3n) is 5.44. The molecule has 0 saturated carbocycles. The Morgan fingerprint density at radius 3 is 2.17 bits per heavy atom. The molecule has 5 heteroatoms. The second-order valence-electron chi connectivity index (χ2n) is 7.42. The topological polar surface area (TPSA) is 62.1 Å². The van der Waals surface area contributed by atoms with E-state index in [2.05, 4.69) is 40.2 Å². The average Bonchev–Trinajstić information content (AvgIpc) is 2.79. The van der Waals surface area contributed by atoms with Crippen LogP contribution in [0.5, 0.6) is 0 Å². The first-order chi connectivity index (χ1) is 14.3. The molecule has 2 aromatic heterocycles. The highest BCUT2D eigenvalue weighted by atomic mass is 16.3. The number of nitrogens with zero attached hydrogens (tertiary/aromatic N) is 4. The minimum absolute atomic E-state index is 0.219. The van der Waals surface area contributed by atoms with Crippen LogP contribution in [-0.2, 0) is 0 Å². The number of aliphatic hydroxyl groups is 1. The van der Waals surface area contributed by atoms with Gasteiger partial charge in [0.05, 0.1) is 11.8 Å². The lowest BCUT2D eigenvalue weighted by molar-refractivity contribution is 0.145. The molecule has 144 valence electrons. The second kappa shape index (κ2) is 7.60. The van der Waals surface area contributed by atoms with Crippen LogP contribution in [0, 0.1) is 0 Å². The summed E-state index contributed by atoms with van der Waals surface area (Å²) in [6.45, 7) is 1.53. The van der Waals surface area contributed by atoms with Crippen molar-refractivity contribution >= 4 is 17.0 Å². The highest BCUT2D eigenvalue weighted by Crippen LogP contribution is 2.33. The van der Waals surface area contributed by atoms with Gasteiger partial charge in [0.25, 0.3) is 0 Å². The van der Waals surface area contributed by atoms with Gasteiger partial charge in [-0.1, -0.05) is 60.7 Å². The van der Waals surface area contributed by atoms with Crippen molar-refractivity contribution in [1.29, 1.82) is 0 Å². The molecule has 5 rings (SSSR count). The molecule has 1 saturated heterocycles. The van der Waals surface area contributed by atoms with Crippen LogP contribution >= 0.6 is 0 Å². The van der Waals surface area contributed by atoms with E-state index in [4.69, 9.17) is 9.97 Å². The predicted molar refractivity (Wildman–Crippen MR) is 116 cm³/mol. The molecule has 1 N–H and O–H groups in total. The third kappa shape index (κ3) is 3.57. The summed E-state index contributed by atoms with van der Waals surface area (Å²) in [5.74, 6) is 0.684. The van der Waals surface area contributed by atoms with Gasteiger partial charge in [-0.25, -0.2) is 9.97 Å². The standard InChI is InChI=1S/C24H22N4O/c29-20-11-13-28(14-12-20)24-25-16-19-15-21(17-7-3-1-4-8-17)22(26-23(19)27-24)18-9-5-2-6-10-18/h1-10,15-16,20,29H,11-14H2. The van der Waals surface area contributed by atoms with Gasteiger partial charge < -0.3 is 10.0 Å². The number of benzene rings is 2. The first-order valence-electron chi connectivity index (χ1n) is 9.99. The van der Waals surface area contributed by atoms with Crippen LogP contribution in [0.15, 0.2) is 72.9 Å². The highest BCUT2D eigenvalue weighted by molar-refractivity contribution is 5.90. The van der Waals surface area contributed by atoms with E-state index < -0.39 is 0 Å². The van der Waals surface area contributed by atoms with E-state index in [9.17, 15) is 5.11 Å². The van der Waals surface area contributed by atoms with Gasteiger partial charge in [0, 0.05) is 35.8 Å². The molecule has 0 spiro atoms. The number of hydrogen-bond acceptors (Lipinski definition) is 5. The molecule has 5 nitrogen and oxygen atoms in total. The van der Waals surface area contributed by atoms with Crippen molar-refractivity contribution in [3.05, 3.63) is 72.9 Å². The Hall–Kier alpha value is -3.31. The molecule has 0 aliphatic carbocycles. The Kier molecular flexibility index (Phi) is 4.66. The van der Waals surface area contributed by atoms with Crippen molar-refractivity contribution in [1.82, 2.24) is 15.0 Å². The zero-order chi connectivity index (χ0) is 19.6. The van der Waals surface area contributed by atoms with Crippen LogP contribution in [0.3, 0.4) is 0 Å². The second-order valence-corrected chi connectivity index (χ2v) is 7.42. The summed E-state index contributed by atoms with van der Waals surface area (Å²) in [4.78, 5) is 16.4. The van der Waals surface area contributed by atoms with Crippen LogP contribution in [0.25, 0.3) is 33.4 Å². The van der Waals surface area contributed by atoms with E-state index in [1.807, 2.05) is 42.6 Å². The molecule has 2 aromatic carbocycles. The Labute approximate surface area is 169 Å². The van der Waals surface area contributed by atoms with Crippen LogP contribution in [0.4, 0.5) is 5.95 Å². The Balaban J connectivity index is 1.64. The SMILES string of the molecule is OC1CCN(c2ncc3cc(-c4ccccc4)c(-c4ccccc4)nc3n2)CC1. The number of anilines is 1. The number of hydrogen-bond donors (Lipinski definition) is 1. The fourth-order valence-electron chi connectivity index (χ4n) is 3.83. The molecule has 4 aromatic rings. The minimum Gasteiger partial charge on any atom is -0.393 e. The average molecular weight is 382 g/mol. The van der Waals surface area contributed by atoms with Gasteiger partial charge >= 0.3 is 0 Å². The van der Waals surface area contributed by atoms with Crippen molar-refractivity contribution in [3.63, 3.8) is 0 Å². The van der Waals surface area contributed by atoms with E-state index >= 15 is 0 Å². The number of rotatable bonds is 3. The van der Waals surface area contributed by atoms with E-state index in [-0.39, 0.29) is 6.10 Å². The van der Waals surface area contributed by atoms with E-state index in [1.165, 1.54) is 0 Å². The van der Waals surface area contributed by atoms with Crippen molar-refractivity contribution in [2.24, 2.45) is 0 Å². The van der Waals surface area contributed by atoms with Gasteiger partial charge in [0.1, 0.15) is 0 Å². The number of fused-ring (bicyclic) bond motifs is 1. The van der Waals surface area contributed by atoms with E-state index in [0.717, 1.165) is 53.7 Å². The van der Waals surface area contributed by atoms with Gasteiger partial charge in [-0.3, -0.25) is 0 Å². The summed E-state index contributed by atoms with van der Waals surface area (Å²) >= 11 is 0. The zero-order valence-corrected chi connectivity index (χ0v) is 16.1. The van der Waals surface area contributed by atoms with Crippen molar-refractivity contribution in [2.75, 3.05) is 18.0 Å². The summed E-state index contributed by atoms with van der Waals surface area (Å²) in [7, 11) is 0. The van der Waals surface area contributed by atoms with Gasteiger partial charge in [-0.2, -0.15) is 4.98 Å². The summed E-state index contributed by atoms with van der Waals surface area (Å²) in [5, 5.41) is 10.7. The quantitative estimate of drug-likeness (QED) is 0.572. The highest BCUT2D eigenvalue weighted by Gasteiger charge is 2.20. The van der Waals surface area contributed by atoms with Gasteiger partial charge in [-0.15, -0.1) is 0 Å². The Bertz CT molecular complexity index is 1120. The molecule has 0 atom stereocenters. The first-order valence-corrected chi connectivity index (χ1v) is 9.99. The fraction of sp³-hybridized carbons (Fsp3) is 0.208. The Morgan fingerprint density at radius 1 is 0.828 bits per heavy atom. The monoisotopic (exact) mass is 382 g/mol. The maximum atomic E-state index is 9.77. The molecule has 0 radical (unpaired) electrons. The Morgan fingerprint density at radius 2 is 1.48 bits per heavy atom. The lowest BCUT2D eigenvalue weighted by atomic mass is 9.98. The summed E-state index contributed by atoms with van der Waals surface area (Å²) < 4.78 is 0. The van der Waals surface area contributed by atoms with Crippen molar-refractivity contribution < 1.29 is 5.11 Å². The van der Waals surface area contributed by atoms with Gasteiger partial charge in [0.15, 0.2) is 5.65 Å². The maximum Gasteiger partial charge on any atom is 0.227 e. The number of aliphatic hydroxyl groups excluding tert-OH is 1. The molecular formula is C24H22N4O. The molecule has 0 unspecified atom stereocenters. The minimum atomic E-state index is -0.219. The molecule has 1 aliphatic rings. The molecule has 0 amide bonds. The molecule has 3 heterocycles. The van der Waals surface area contributed by atoms with Crippen LogP contribution in [-0.4, -0.2) is 39.3 Å². The van der Waals surface area contributed by atoms with Crippen LogP contribution in [0.1, 0.15) is 12.8 Å². The van der Waals surface area contributed by atoms with Crippen molar-refractivity contribution in [3.8, 4) is 22.4 Å². The summed E-state index contributed by atoms with van der Waals surface area (Å²) in [5.41, 5.74) is 4.87. The van der Waals surface area contributed by atoms with Crippen molar-refractivity contribution in [2.45, 2.75) is 18.9 Å². The predicted octanol–water partition coefficient (Wildman–Crippen LogP) is 4.32. The smallest absolute Gasteiger partial charge is 0.227 e. The molecule has 0 bridgehead atoms. The molecule has 1 aliphatic heterocycles. The number of piperidine rings is 1. The fourth-order valence-corrected chi connectivity index (χ4v) is 3.83. The summed E-state index contributed by atoms with van der Waals surface area (Å²) in [6, 6.07) is 22.7. The normalized spacial score (nSPS) is 15.0. The van der Waals surface area contributed by atoms with E-state index in [0.29, 0.717) is 11.6 Å². The zero-order valence-electron chi connectivity index (χ0n) is 16.1. The van der Waals surface area contributed by atoms with E-state index in [1.54, 1.807) is 0 Å². The number of pyridine rings is 1. The summed E-state index contributed by atoms with van der Waals surface area (Å²) in [6.07, 6.45) is 3.13. The largest absolute Gasteiger partial charge is 0.393 e. The van der Waals surface area contributed by atoms with Gasteiger partial charge in [0.2, 0.25) is 5.95 Å². The first kappa shape index (κ1) is 17.8. The molecular weight excluding hydrogens is 360 g/mol. The lowest BCUT2D eigenvalue weighted by Gasteiger charge is -2.29. The van der Waals surface area contributed by atoms with Crippen LogP contribution in [0.2, 0.25) is 0 Å². The third-order valence-corrected chi connectivity index (χ3v) is 5.44. The van der Waals surface area contributed by atoms with Gasteiger partial charge in [-0.05, 0) is 24.5 Å².